The van der Waals surface area contributed by atoms with Crippen LogP contribution in [0.5, 0.6) is 5.75 Å². The maximum Gasteiger partial charge on any atom is 0.286 e. The Balaban J connectivity index is 2.21. The number of carbonyl (C=O) groups excluding carboxylic acids is 1. The second-order valence-electron chi connectivity index (χ2n) is 5.27. The van der Waals surface area contributed by atoms with Crippen LogP contribution in [-0.4, -0.2) is 22.5 Å². The highest BCUT2D eigenvalue weighted by Crippen LogP contribution is 2.28. The highest BCUT2D eigenvalue weighted by molar-refractivity contribution is 7.16. The Hall–Kier alpha value is -2.71. The summed E-state index contributed by atoms with van der Waals surface area (Å²) in [6.07, 6.45) is 0. The van der Waals surface area contributed by atoms with Crippen LogP contribution in [0.4, 0.5) is 5.69 Å². The Bertz CT molecular complexity index is 1090. The lowest BCUT2D eigenvalue weighted by molar-refractivity contribution is -0.385. The third-order valence-electron chi connectivity index (χ3n) is 3.78. The van der Waals surface area contributed by atoms with Crippen molar-refractivity contribution in [1.82, 2.24) is 4.57 Å². The molecule has 26 heavy (non-hydrogen) atoms. The lowest BCUT2D eigenvalue weighted by Gasteiger charge is -2.05. The van der Waals surface area contributed by atoms with Gasteiger partial charge >= 0.3 is 0 Å². The number of ether oxygens (including phenoxy) is 1. The molecule has 7 nitrogen and oxygen atoms in total. The van der Waals surface area contributed by atoms with E-state index >= 15 is 0 Å². The second kappa shape index (κ2) is 7.27. The highest BCUT2D eigenvalue weighted by Gasteiger charge is 2.21. The monoisotopic (exact) mass is 391 g/mol. The predicted molar refractivity (Wildman–Crippen MR) is 100 cm³/mol. The van der Waals surface area contributed by atoms with Crippen molar-refractivity contribution >= 4 is 44.7 Å². The topological polar surface area (TPSA) is 86.7 Å². The molecule has 1 amide bonds. The fourth-order valence-corrected chi connectivity index (χ4v) is 3.91. The number of aromatic nitrogens is 1. The molecular formula is C17H14ClN3O4S. The van der Waals surface area contributed by atoms with Crippen molar-refractivity contribution in [3.8, 4) is 5.75 Å². The number of nitrogens with zero attached hydrogens (tertiary/aromatic N) is 3. The Morgan fingerprint density at radius 3 is 2.81 bits per heavy atom. The molecule has 0 aliphatic rings. The van der Waals surface area contributed by atoms with Gasteiger partial charge in [0.15, 0.2) is 4.80 Å². The largest absolute Gasteiger partial charge is 0.495 e. The van der Waals surface area contributed by atoms with Crippen LogP contribution in [-0.2, 0) is 6.54 Å². The first-order chi connectivity index (χ1) is 12.5. The van der Waals surface area contributed by atoms with E-state index in [4.69, 9.17) is 16.3 Å². The quantitative estimate of drug-likeness (QED) is 0.496. The summed E-state index contributed by atoms with van der Waals surface area (Å²) in [7, 11) is 1.57. The van der Waals surface area contributed by atoms with Gasteiger partial charge in [-0.1, -0.05) is 29.0 Å². The first kappa shape index (κ1) is 18.1. The molecule has 0 aliphatic carbocycles. The van der Waals surface area contributed by atoms with E-state index in [0.717, 1.165) is 10.2 Å². The van der Waals surface area contributed by atoms with Crippen molar-refractivity contribution in [2.24, 2.45) is 4.99 Å². The van der Waals surface area contributed by atoms with Crippen molar-refractivity contribution in [2.75, 3.05) is 7.11 Å². The van der Waals surface area contributed by atoms with Crippen LogP contribution in [0.3, 0.4) is 0 Å². The fraction of sp³-hybridized carbons (Fsp3) is 0.176. The van der Waals surface area contributed by atoms with E-state index < -0.39 is 10.8 Å². The molecule has 0 bridgehead atoms. The van der Waals surface area contributed by atoms with E-state index in [2.05, 4.69) is 4.99 Å². The van der Waals surface area contributed by atoms with Crippen molar-refractivity contribution in [3.05, 3.63) is 61.9 Å². The van der Waals surface area contributed by atoms with E-state index in [0.29, 0.717) is 17.1 Å². The molecule has 0 fully saturated rings. The van der Waals surface area contributed by atoms with Gasteiger partial charge in [-0.2, -0.15) is 4.99 Å². The van der Waals surface area contributed by atoms with Gasteiger partial charge in [-0.05, 0) is 31.2 Å². The zero-order valence-corrected chi connectivity index (χ0v) is 15.5. The number of hydrogen-bond acceptors (Lipinski definition) is 5. The smallest absolute Gasteiger partial charge is 0.286 e. The minimum Gasteiger partial charge on any atom is -0.495 e. The van der Waals surface area contributed by atoms with E-state index in [-0.39, 0.29) is 16.3 Å². The molecule has 0 radical (unpaired) electrons. The number of nitro benzene ring substituents is 1. The summed E-state index contributed by atoms with van der Waals surface area (Å²) >= 11 is 7.21. The van der Waals surface area contributed by atoms with Crippen LogP contribution >= 0.6 is 22.9 Å². The number of carbonyl (C=O) groups is 1. The predicted octanol–water partition coefficient (Wildman–Crippen LogP) is 4.03. The average molecular weight is 392 g/mol. The van der Waals surface area contributed by atoms with Crippen molar-refractivity contribution in [1.29, 1.82) is 0 Å². The Morgan fingerprint density at radius 2 is 2.15 bits per heavy atom. The number of benzene rings is 2. The Labute approximate surface area is 157 Å². The molecular weight excluding hydrogens is 378 g/mol. The summed E-state index contributed by atoms with van der Waals surface area (Å²) in [5, 5.41) is 11.4. The summed E-state index contributed by atoms with van der Waals surface area (Å²) in [5.41, 5.74) is 0.356. The molecule has 0 saturated carbocycles. The third kappa shape index (κ3) is 3.21. The van der Waals surface area contributed by atoms with Gasteiger partial charge in [-0.15, -0.1) is 0 Å². The highest BCUT2D eigenvalue weighted by atomic mass is 35.5. The van der Waals surface area contributed by atoms with Gasteiger partial charge in [-0.3, -0.25) is 14.9 Å². The molecule has 2 aromatic carbocycles. The molecule has 0 aliphatic heterocycles. The van der Waals surface area contributed by atoms with Crippen molar-refractivity contribution in [2.45, 2.75) is 13.5 Å². The minimum atomic E-state index is -0.716. The van der Waals surface area contributed by atoms with Gasteiger partial charge < -0.3 is 9.30 Å². The van der Waals surface area contributed by atoms with Crippen LogP contribution in [0.1, 0.15) is 17.3 Å². The van der Waals surface area contributed by atoms with Crippen molar-refractivity contribution in [3.63, 3.8) is 0 Å². The first-order valence-corrected chi connectivity index (χ1v) is 8.85. The summed E-state index contributed by atoms with van der Waals surface area (Å²) < 4.78 is 8.13. The molecule has 0 unspecified atom stereocenters. The lowest BCUT2D eigenvalue weighted by Crippen LogP contribution is -2.16. The number of aryl methyl sites for hydroxylation is 1. The van der Waals surface area contributed by atoms with Gasteiger partial charge in [0.2, 0.25) is 0 Å². The summed E-state index contributed by atoms with van der Waals surface area (Å²) in [4.78, 5) is 27.7. The molecule has 1 heterocycles. The van der Waals surface area contributed by atoms with Gasteiger partial charge in [-0.25, -0.2) is 0 Å². The normalized spacial score (nSPS) is 11.7. The maximum atomic E-state index is 12.6. The molecule has 0 saturated heterocycles. The van der Waals surface area contributed by atoms with Gasteiger partial charge in [0.1, 0.15) is 16.8 Å². The maximum absolute atomic E-state index is 12.6. The van der Waals surface area contributed by atoms with Crippen LogP contribution in [0.25, 0.3) is 10.2 Å². The molecule has 3 aromatic rings. The number of rotatable bonds is 4. The number of hydrogen-bond donors (Lipinski definition) is 0. The summed E-state index contributed by atoms with van der Waals surface area (Å²) in [5.74, 6) is -0.0461. The summed E-state index contributed by atoms with van der Waals surface area (Å²) in [6, 6.07) is 9.41. The molecule has 1 aromatic heterocycles. The van der Waals surface area contributed by atoms with Gasteiger partial charge in [0, 0.05) is 17.6 Å². The third-order valence-corrected chi connectivity index (χ3v) is 5.06. The van der Waals surface area contributed by atoms with Gasteiger partial charge in [0.25, 0.3) is 11.6 Å². The van der Waals surface area contributed by atoms with Crippen LogP contribution < -0.4 is 9.54 Å². The molecule has 134 valence electrons. The van der Waals surface area contributed by atoms with E-state index in [1.807, 2.05) is 29.7 Å². The molecule has 3 rings (SSSR count). The SMILES string of the molecule is CCn1c(=NC(=O)c2cc(Cl)ccc2[N+](=O)[O-])sc2cccc(OC)c21. The number of nitro groups is 1. The average Bonchev–Trinajstić information content (AvgIpc) is 2.98. The minimum absolute atomic E-state index is 0.144. The van der Waals surface area contributed by atoms with E-state index in [1.165, 1.54) is 29.5 Å². The lowest BCUT2D eigenvalue weighted by atomic mass is 10.2. The van der Waals surface area contributed by atoms with Crippen LogP contribution in [0, 0.1) is 10.1 Å². The zero-order chi connectivity index (χ0) is 18.8. The standard InChI is InChI=1S/C17H14ClN3O4S/c1-3-20-15-13(25-2)5-4-6-14(15)26-17(20)19-16(22)11-9-10(18)7-8-12(11)21(23)24/h4-9H,3H2,1-2H3. The fourth-order valence-electron chi connectivity index (χ4n) is 2.63. The van der Waals surface area contributed by atoms with Crippen molar-refractivity contribution < 1.29 is 14.5 Å². The number of methoxy groups -OCH3 is 1. The number of fused-ring (bicyclic) bond motifs is 1. The molecule has 0 spiro atoms. The van der Waals surface area contributed by atoms with Crippen LogP contribution in [0.2, 0.25) is 5.02 Å². The second-order valence-corrected chi connectivity index (χ2v) is 6.72. The molecule has 0 N–H and O–H groups in total. The number of para-hydroxylation sites is 1. The van der Waals surface area contributed by atoms with Crippen LogP contribution in [0.15, 0.2) is 41.4 Å². The zero-order valence-electron chi connectivity index (χ0n) is 13.9. The Kier molecular flexibility index (Phi) is 5.06. The van der Waals surface area contributed by atoms with Gasteiger partial charge in [0.05, 0.1) is 16.7 Å². The van der Waals surface area contributed by atoms with E-state index in [9.17, 15) is 14.9 Å². The number of amides is 1. The number of thiazole rings is 1. The molecule has 9 heteroatoms. The van der Waals surface area contributed by atoms with E-state index in [1.54, 1.807) is 7.11 Å². The first-order valence-electron chi connectivity index (χ1n) is 7.65. The Morgan fingerprint density at radius 1 is 1.38 bits per heavy atom. The molecule has 0 atom stereocenters. The number of halogens is 1. The summed E-state index contributed by atoms with van der Waals surface area (Å²) in [6.45, 7) is 2.48.